The zero-order valence-corrected chi connectivity index (χ0v) is 15.1. The molecule has 0 fully saturated rings. The predicted molar refractivity (Wildman–Crippen MR) is 102 cm³/mol. The number of hydrogen-bond acceptors (Lipinski definition) is 3. The minimum atomic E-state index is -0.625. The Morgan fingerprint density at radius 2 is 1.92 bits per heavy atom. The Kier molecular flexibility index (Phi) is 5.71. The SMILES string of the molecule is COCCCNC(=O)C(=O)c1c(-c2ccc(Cl)cc2)cc2ccccn12. The molecule has 0 saturated carbocycles. The molecule has 0 radical (unpaired) electrons. The lowest BCUT2D eigenvalue weighted by Crippen LogP contribution is -2.33. The molecule has 3 rings (SSSR count). The van der Waals surface area contributed by atoms with Gasteiger partial charge in [-0.2, -0.15) is 0 Å². The number of methoxy groups -OCH3 is 1. The van der Waals surface area contributed by atoms with Crippen molar-refractivity contribution in [3.05, 3.63) is 65.4 Å². The number of carbonyl (C=O) groups is 2. The van der Waals surface area contributed by atoms with E-state index in [2.05, 4.69) is 5.32 Å². The molecule has 0 bridgehead atoms. The number of Topliss-reactive ketones (excluding diaryl/α,β-unsaturated/α-hetero) is 1. The Balaban J connectivity index is 1.98. The van der Waals surface area contributed by atoms with Crippen LogP contribution in [-0.2, 0) is 9.53 Å². The fraction of sp³-hybridized carbons (Fsp3) is 0.200. The lowest BCUT2D eigenvalue weighted by molar-refractivity contribution is -0.117. The number of carbonyl (C=O) groups excluding carboxylic acids is 2. The van der Waals surface area contributed by atoms with E-state index in [1.807, 2.05) is 36.4 Å². The number of hydrogen-bond donors (Lipinski definition) is 1. The molecule has 6 heteroatoms. The first-order valence-corrected chi connectivity index (χ1v) is 8.67. The molecule has 26 heavy (non-hydrogen) atoms. The second-order valence-electron chi connectivity index (χ2n) is 5.84. The summed E-state index contributed by atoms with van der Waals surface area (Å²) in [5.41, 5.74) is 2.71. The number of halogens is 1. The fourth-order valence-electron chi connectivity index (χ4n) is 2.81. The molecule has 0 aliphatic heterocycles. The number of pyridine rings is 1. The highest BCUT2D eigenvalue weighted by molar-refractivity contribution is 6.43. The number of ether oxygens (including phenoxy) is 1. The summed E-state index contributed by atoms with van der Waals surface area (Å²) in [4.78, 5) is 25.2. The molecule has 2 heterocycles. The van der Waals surface area contributed by atoms with Crippen LogP contribution in [0.2, 0.25) is 5.02 Å². The van der Waals surface area contributed by atoms with Crippen molar-refractivity contribution in [2.75, 3.05) is 20.3 Å². The van der Waals surface area contributed by atoms with Gasteiger partial charge in [0.05, 0.1) is 0 Å². The van der Waals surface area contributed by atoms with E-state index in [4.69, 9.17) is 16.3 Å². The van der Waals surface area contributed by atoms with Gasteiger partial charge in [0, 0.05) is 42.6 Å². The number of rotatable bonds is 7. The Hall–Kier alpha value is -2.63. The molecule has 5 nitrogen and oxygen atoms in total. The summed E-state index contributed by atoms with van der Waals surface area (Å²) in [6, 6.07) is 14.7. The second kappa shape index (κ2) is 8.17. The molecule has 1 N–H and O–H groups in total. The van der Waals surface area contributed by atoms with Crippen LogP contribution < -0.4 is 5.32 Å². The van der Waals surface area contributed by atoms with Crippen molar-refractivity contribution in [1.82, 2.24) is 9.72 Å². The first-order valence-electron chi connectivity index (χ1n) is 8.29. The molecular weight excluding hydrogens is 352 g/mol. The lowest BCUT2D eigenvalue weighted by atomic mass is 10.0. The van der Waals surface area contributed by atoms with Crippen molar-refractivity contribution >= 4 is 28.8 Å². The van der Waals surface area contributed by atoms with Crippen LogP contribution in [0.4, 0.5) is 0 Å². The van der Waals surface area contributed by atoms with Crippen molar-refractivity contribution < 1.29 is 14.3 Å². The van der Waals surface area contributed by atoms with Gasteiger partial charge >= 0.3 is 0 Å². The van der Waals surface area contributed by atoms with Gasteiger partial charge in [0.1, 0.15) is 5.69 Å². The summed E-state index contributed by atoms with van der Waals surface area (Å²) in [7, 11) is 1.60. The molecular formula is C20H19ClN2O3. The van der Waals surface area contributed by atoms with Gasteiger partial charge in [-0.25, -0.2) is 0 Å². The van der Waals surface area contributed by atoms with E-state index in [0.29, 0.717) is 35.9 Å². The van der Waals surface area contributed by atoms with Crippen LogP contribution in [0.25, 0.3) is 16.6 Å². The molecule has 134 valence electrons. The molecule has 3 aromatic rings. The van der Waals surface area contributed by atoms with E-state index >= 15 is 0 Å². The smallest absolute Gasteiger partial charge is 0.294 e. The van der Waals surface area contributed by atoms with Gasteiger partial charge in [-0.1, -0.05) is 29.8 Å². The zero-order chi connectivity index (χ0) is 18.5. The van der Waals surface area contributed by atoms with Crippen LogP contribution in [-0.4, -0.2) is 36.4 Å². The van der Waals surface area contributed by atoms with Gasteiger partial charge in [0.2, 0.25) is 0 Å². The van der Waals surface area contributed by atoms with Gasteiger partial charge in [-0.3, -0.25) is 9.59 Å². The third-order valence-corrected chi connectivity index (χ3v) is 4.32. The van der Waals surface area contributed by atoms with Gasteiger partial charge in [0.25, 0.3) is 11.7 Å². The van der Waals surface area contributed by atoms with Crippen molar-refractivity contribution in [3.8, 4) is 11.1 Å². The van der Waals surface area contributed by atoms with E-state index in [0.717, 1.165) is 11.1 Å². The summed E-state index contributed by atoms with van der Waals surface area (Å²) in [6.07, 6.45) is 2.43. The van der Waals surface area contributed by atoms with Gasteiger partial charge < -0.3 is 14.5 Å². The Morgan fingerprint density at radius 1 is 1.15 bits per heavy atom. The normalized spacial score (nSPS) is 10.8. The number of amides is 1. The quantitative estimate of drug-likeness (QED) is 0.393. The molecule has 0 aliphatic rings. The molecule has 0 saturated heterocycles. The van der Waals surface area contributed by atoms with Crippen molar-refractivity contribution in [3.63, 3.8) is 0 Å². The highest BCUT2D eigenvalue weighted by atomic mass is 35.5. The maximum Gasteiger partial charge on any atom is 0.294 e. The Labute approximate surface area is 156 Å². The molecule has 0 unspecified atom stereocenters. The van der Waals surface area contributed by atoms with Crippen LogP contribution in [0.15, 0.2) is 54.7 Å². The molecule has 1 aromatic carbocycles. The number of nitrogens with zero attached hydrogens (tertiary/aromatic N) is 1. The highest BCUT2D eigenvalue weighted by Crippen LogP contribution is 2.29. The third-order valence-electron chi connectivity index (χ3n) is 4.07. The molecule has 0 atom stereocenters. The summed E-state index contributed by atoms with van der Waals surface area (Å²) in [6.45, 7) is 0.913. The predicted octanol–water partition coefficient (Wildman–Crippen LogP) is 3.60. The van der Waals surface area contributed by atoms with Crippen LogP contribution in [0.1, 0.15) is 16.9 Å². The van der Waals surface area contributed by atoms with Gasteiger partial charge in [-0.15, -0.1) is 0 Å². The molecule has 1 amide bonds. The van der Waals surface area contributed by atoms with Crippen LogP contribution in [0.3, 0.4) is 0 Å². The molecule has 2 aromatic heterocycles. The topological polar surface area (TPSA) is 59.8 Å². The molecule has 0 aliphatic carbocycles. The van der Waals surface area contributed by atoms with E-state index in [1.165, 1.54) is 0 Å². The van der Waals surface area contributed by atoms with Crippen LogP contribution >= 0.6 is 11.6 Å². The van der Waals surface area contributed by atoms with Crippen molar-refractivity contribution in [1.29, 1.82) is 0 Å². The summed E-state index contributed by atoms with van der Waals surface area (Å²) >= 11 is 5.97. The maximum absolute atomic E-state index is 12.9. The number of benzene rings is 1. The Bertz CT molecular complexity index is 932. The maximum atomic E-state index is 12.9. The zero-order valence-electron chi connectivity index (χ0n) is 14.4. The van der Waals surface area contributed by atoms with Crippen molar-refractivity contribution in [2.45, 2.75) is 6.42 Å². The first kappa shape index (κ1) is 18.2. The summed E-state index contributed by atoms with van der Waals surface area (Å²) in [5, 5.41) is 3.27. The van der Waals surface area contributed by atoms with Crippen LogP contribution in [0.5, 0.6) is 0 Å². The fourth-order valence-corrected chi connectivity index (χ4v) is 2.94. The standard InChI is InChI=1S/C20H19ClN2O3/c1-26-12-4-10-22-20(25)19(24)18-17(14-6-8-15(21)9-7-14)13-16-5-2-3-11-23(16)18/h2-3,5-9,11,13H,4,10,12H2,1H3,(H,22,25). The van der Waals surface area contributed by atoms with E-state index in [1.54, 1.807) is 29.8 Å². The van der Waals surface area contributed by atoms with E-state index < -0.39 is 11.7 Å². The van der Waals surface area contributed by atoms with Crippen molar-refractivity contribution in [2.24, 2.45) is 0 Å². The Morgan fingerprint density at radius 3 is 2.65 bits per heavy atom. The van der Waals surface area contributed by atoms with Crippen LogP contribution in [0, 0.1) is 0 Å². The first-order chi connectivity index (χ1) is 12.6. The lowest BCUT2D eigenvalue weighted by Gasteiger charge is -2.07. The average Bonchev–Trinajstić information content (AvgIpc) is 3.04. The van der Waals surface area contributed by atoms with Gasteiger partial charge in [-0.05, 0) is 42.3 Å². The van der Waals surface area contributed by atoms with E-state index in [9.17, 15) is 9.59 Å². The highest BCUT2D eigenvalue weighted by Gasteiger charge is 2.24. The minimum Gasteiger partial charge on any atom is -0.385 e. The summed E-state index contributed by atoms with van der Waals surface area (Å²) in [5.74, 6) is -1.20. The van der Waals surface area contributed by atoms with Gasteiger partial charge in [0.15, 0.2) is 0 Å². The largest absolute Gasteiger partial charge is 0.385 e. The monoisotopic (exact) mass is 370 g/mol. The summed E-state index contributed by atoms with van der Waals surface area (Å²) < 4.78 is 6.69. The number of nitrogens with one attached hydrogen (secondary N) is 1. The molecule has 0 spiro atoms. The third kappa shape index (κ3) is 3.79. The minimum absolute atomic E-state index is 0.340. The number of fused-ring (bicyclic) bond motifs is 1. The number of aromatic nitrogens is 1. The number of ketones is 1. The van der Waals surface area contributed by atoms with E-state index in [-0.39, 0.29) is 0 Å². The second-order valence-corrected chi connectivity index (χ2v) is 6.28. The average molecular weight is 371 g/mol.